The number of nitrogens with one attached hydrogen (secondary N) is 2. The smallest absolute Gasteiger partial charge is 0.308 e. The van der Waals surface area contributed by atoms with Crippen molar-refractivity contribution in [1.29, 1.82) is 0 Å². The lowest BCUT2D eigenvalue weighted by atomic mass is 10.1. The van der Waals surface area contributed by atoms with Crippen LogP contribution in [-0.4, -0.2) is 16.8 Å². The fourth-order valence-electron chi connectivity index (χ4n) is 1.74. The number of aromatic nitrogens is 1. The van der Waals surface area contributed by atoms with E-state index < -0.39 is 6.03 Å². The maximum atomic E-state index is 11.9. The molecule has 2 aromatic rings. The van der Waals surface area contributed by atoms with Gasteiger partial charge in [-0.2, -0.15) is 0 Å². The van der Waals surface area contributed by atoms with Crippen molar-refractivity contribution < 1.29 is 9.59 Å². The van der Waals surface area contributed by atoms with Crippen LogP contribution < -0.4 is 10.6 Å². The van der Waals surface area contributed by atoms with Crippen molar-refractivity contribution in [3.05, 3.63) is 52.8 Å². The van der Waals surface area contributed by atoms with Gasteiger partial charge in [-0.05, 0) is 49.7 Å². The Balaban J connectivity index is 2.06. The highest BCUT2D eigenvalue weighted by Crippen LogP contribution is 2.23. The van der Waals surface area contributed by atoms with Gasteiger partial charge in [0.1, 0.15) is 0 Å². The average molecular weight is 304 g/mol. The van der Waals surface area contributed by atoms with Crippen molar-refractivity contribution in [3.63, 3.8) is 0 Å². The largest absolute Gasteiger partial charge is 0.323 e. The first-order valence-corrected chi connectivity index (χ1v) is 6.65. The highest BCUT2D eigenvalue weighted by Gasteiger charge is 2.09. The van der Waals surface area contributed by atoms with Gasteiger partial charge in [0.05, 0.1) is 5.69 Å². The number of halogens is 1. The molecule has 21 heavy (non-hydrogen) atoms. The fraction of sp³-hybridized carbons (Fsp3) is 0.133. The van der Waals surface area contributed by atoms with Crippen molar-refractivity contribution in [1.82, 2.24) is 4.98 Å². The second-order valence-corrected chi connectivity index (χ2v) is 4.86. The third kappa shape index (κ3) is 3.79. The van der Waals surface area contributed by atoms with Gasteiger partial charge in [-0.3, -0.25) is 4.79 Å². The van der Waals surface area contributed by atoms with E-state index in [2.05, 4.69) is 15.6 Å². The van der Waals surface area contributed by atoms with E-state index in [9.17, 15) is 9.59 Å². The summed E-state index contributed by atoms with van der Waals surface area (Å²) >= 11 is 5.94. The van der Waals surface area contributed by atoms with E-state index in [1.165, 1.54) is 6.92 Å². The summed E-state index contributed by atoms with van der Waals surface area (Å²) in [7, 11) is 0. The third-order valence-corrected chi connectivity index (χ3v) is 3.19. The average Bonchev–Trinajstić information content (AvgIpc) is 2.43. The number of pyridine rings is 1. The first-order valence-electron chi connectivity index (χ1n) is 6.27. The standard InChI is InChI=1S/C15H14ClN3O2/c1-9-7-8-17-14(16)13(9)19-15(21)18-12-5-3-11(4-6-12)10(2)20/h3-8H,1-2H3,(H2,18,19,21). The molecule has 0 saturated heterocycles. The van der Waals surface area contributed by atoms with Crippen molar-refractivity contribution in [2.24, 2.45) is 0 Å². The number of rotatable bonds is 3. The number of benzene rings is 1. The molecule has 1 heterocycles. The summed E-state index contributed by atoms with van der Waals surface area (Å²) in [5, 5.41) is 5.55. The molecular formula is C15H14ClN3O2. The minimum Gasteiger partial charge on any atom is -0.308 e. The number of Topliss-reactive ketones (excluding diaryl/α,β-unsaturated/α-hetero) is 1. The normalized spacial score (nSPS) is 10.0. The quantitative estimate of drug-likeness (QED) is 0.667. The number of urea groups is 1. The maximum Gasteiger partial charge on any atom is 0.323 e. The number of amides is 2. The Morgan fingerprint density at radius 2 is 1.76 bits per heavy atom. The highest BCUT2D eigenvalue weighted by molar-refractivity contribution is 6.32. The number of hydrogen-bond acceptors (Lipinski definition) is 3. The van der Waals surface area contributed by atoms with E-state index in [1.807, 2.05) is 6.92 Å². The van der Waals surface area contributed by atoms with Crippen LogP contribution in [0.1, 0.15) is 22.8 Å². The van der Waals surface area contributed by atoms with Gasteiger partial charge in [0.25, 0.3) is 0 Å². The Bertz CT molecular complexity index is 664. The van der Waals surface area contributed by atoms with Gasteiger partial charge in [0.2, 0.25) is 0 Å². The minimum atomic E-state index is -0.427. The van der Waals surface area contributed by atoms with E-state index in [-0.39, 0.29) is 10.9 Å². The maximum absolute atomic E-state index is 11.9. The van der Waals surface area contributed by atoms with Crippen molar-refractivity contribution in [2.45, 2.75) is 13.8 Å². The van der Waals surface area contributed by atoms with E-state index >= 15 is 0 Å². The molecule has 108 valence electrons. The number of carbonyl (C=O) groups excluding carboxylic acids is 2. The van der Waals surface area contributed by atoms with Crippen molar-refractivity contribution in [3.8, 4) is 0 Å². The van der Waals surface area contributed by atoms with Crippen molar-refractivity contribution >= 4 is 34.8 Å². The van der Waals surface area contributed by atoms with E-state index in [0.29, 0.717) is 16.9 Å². The van der Waals surface area contributed by atoms with Crippen LogP contribution in [0.2, 0.25) is 5.15 Å². The number of carbonyl (C=O) groups is 2. The first kappa shape index (κ1) is 15.0. The SMILES string of the molecule is CC(=O)c1ccc(NC(=O)Nc2c(C)ccnc2Cl)cc1. The van der Waals surface area contributed by atoms with Crippen LogP contribution in [0.5, 0.6) is 0 Å². The van der Waals surface area contributed by atoms with Gasteiger partial charge < -0.3 is 10.6 Å². The molecule has 2 N–H and O–H groups in total. The summed E-state index contributed by atoms with van der Waals surface area (Å²) in [6.45, 7) is 3.31. The summed E-state index contributed by atoms with van der Waals surface area (Å²) in [5.41, 5.74) is 2.45. The Hall–Kier alpha value is -2.40. The first-order chi connectivity index (χ1) is 9.97. The fourth-order valence-corrected chi connectivity index (χ4v) is 1.99. The van der Waals surface area contributed by atoms with Gasteiger partial charge in [-0.15, -0.1) is 0 Å². The molecule has 0 spiro atoms. The molecule has 5 nitrogen and oxygen atoms in total. The van der Waals surface area contributed by atoms with Gasteiger partial charge in [0, 0.05) is 17.4 Å². The van der Waals surface area contributed by atoms with E-state index in [4.69, 9.17) is 11.6 Å². The second kappa shape index (κ2) is 6.37. The second-order valence-electron chi connectivity index (χ2n) is 4.51. The molecule has 1 aromatic heterocycles. The Kier molecular flexibility index (Phi) is 4.55. The molecule has 0 aliphatic rings. The lowest BCUT2D eigenvalue weighted by Crippen LogP contribution is -2.20. The van der Waals surface area contributed by atoms with Crippen LogP contribution >= 0.6 is 11.6 Å². The van der Waals surface area contributed by atoms with Crippen LogP contribution in [0.3, 0.4) is 0 Å². The van der Waals surface area contributed by atoms with Crippen LogP contribution in [0.4, 0.5) is 16.2 Å². The Labute approximate surface area is 127 Å². The molecular weight excluding hydrogens is 290 g/mol. The zero-order valence-corrected chi connectivity index (χ0v) is 12.4. The topological polar surface area (TPSA) is 71.1 Å². The summed E-state index contributed by atoms with van der Waals surface area (Å²) in [6, 6.07) is 7.95. The molecule has 0 aliphatic carbocycles. The molecule has 2 amide bonds. The number of hydrogen-bond donors (Lipinski definition) is 2. The molecule has 2 rings (SSSR count). The zero-order chi connectivity index (χ0) is 15.4. The summed E-state index contributed by atoms with van der Waals surface area (Å²) in [6.07, 6.45) is 1.57. The summed E-state index contributed by atoms with van der Waals surface area (Å²) in [5.74, 6) is -0.0243. The molecule has 1 aromatic carbocycles. The molecule has 0 aliphatic heterocycles. The van der Waals surface area contributed by atoms with Crippen LogP contribution in [0.25, 0.3) is 0 Å². The Morgan fingerprint density at radius 3 is 2.33 bits per heavy atom. The number of aryl methyl sites for hydroxylation is 1. The summed E-state index contributed by atoms with van der Waals surface area (Å²) in [4.78, 5) is 27.0. The van der Waals surface area contributed by atoms with Crippen molar-refractivity contribution in [2.75, 3.05) is 10.6 Å². The molecule has 0 radical (unpaired) electrons. The predicted molar refractivity (Wildman–Crippen MR) is 83.1 cm³/mol. The van der Waals surface area contributed by atoms with Gasteiger partial charge in [0.15, 0.2) is 10.9 Å². The molecule has 0 fully saturated rings. The molecule has 0 saturated carbocycles. The Morgan fingerprint density at radius 1 is 1.10 bits per heavy atom. The molecule has 0 atom stereocenters. The van der Waals surface area contributed by atoms with Gasteiger partial charge in [-0.25, -0.2) is 9.78 Å². The van der Waals surface area contributed by atoms with E-state index in [1.54, 1.807) is 36.5 Å². The number of ketones is 1. The summed E-state index contributed by atoms with van der Waals surface area (Å²) < 4.78 is 0. The molecule has 6 heteroatoms. The zero-order valence-electron chi connectivity index (χ0n) is 11.6. The van der Waals surface area contributed by atoms with Crippen LogP contribution in [0.15, 0.2) is 36.5 Å². The predicted octanol–water partition coefficient (Wildman–Crippen LogP) is 3.89. The highest BCUT2D eigenvalue weighted by atomic mass is 35.5. The third-order valence-electron chi connectivity index (χ3n) is 2.90. The molecule has 0 bridgehead atoms. The molecule has 0 unspecified atom stereocenters. The lowest BCUT2D eigenvalue weighted by Gasteiger charge is -2.11. The lowest BCUT2D eigenvalue weighted by molar-refractivity contribution is 0.101. The van der Waals surface area contributed by atoms with Crippen LogP contribution in [0, 0.1) is 6.92 Å². The minimum absolute atomic E-state index is 0.0243. The van der Waals surface area contributed by atoms with Gasteiger partial charge in [-0.1, -0.05) is 11.6 Å². The monoisotopic (exact) mass is 303 g/mol. The van der Waals surface area contributed by atoms with Gasteiger partial charge >= 0.3 is 6.03 Å². The van der Waals surface area contributed by atoms with E-state index in [0.717, 1.165) is 5.56 Å². The van der Waals surface area contributed by atoms with Crippen LogP contribution in [-0.2, 0) is 0 Å². The number of nitrogens with zero attached hydrogens (tertiary/aromatic N) is 1. The number of anilines is 2.